The van der Waals surface area contributed by atoms with E-state index < -0.39 is 17.7 Å². The SMILES string of the molecule is COc1ccc(COCc2cccc(NC(=O)N(C)C(C)c3ccc(F)c(F)c3)c2)cc1. The number of nitrogens with zero attached hydrogens (tertiary/aromatic N) is 1. The van der Waals surface area contributed by atoms with Gasteiger partial charge in [-0.2, -0.15) is 0 Å². The Hall–Kier alpha value is -3.45. The third kappa shape index (κ3) is 6.04. The topological polar surface area (TPSA) is 50.8 Å². The van der Waals surface area contributed by atoms with Gasteiger partial charge in [-0.15, -0.1) is 0 Å². The number of amides is 2. The molecule has 3 aromatic carbocycles. The fourth-order valence-corrected chi connectivity index (χ4v) is 3.13. The third-order valence-electron chi connectivity index (χ3n) is 5.20. The predicted molar refractivity (Wildman–Crippen MR) is 119 cm³/mol. The molecule has 1 N–H and O–H groups in total. The molecule has 0 saturated carbocycles. The van der Waals surface area contributed by atoms with Gasteiger partial charge in [0.1, 0.15) is 5.75 Å². The van der Waals surface area contributed by atoms with Crippen LogP contribution in [0.2, 0.25) is 0 Å². The lowest BCUT2D eigenvalue weighted by molar-refractivity contribution is 0.107. The van der Waals surface area contributed by atoms with Crippen molar-refractivity contribution >= 4 is 11.7 Å². The van der Waals surface area contributed by atoms with Crippen LogP contribution in [0.15, 0.2) is 66.7 Å². The summed E-state index contributed by atoms with van der Waals surface area (Å²) in [6, 6.07) is 17.8. The van der Waals surface area contributed by atoms with E-state index in [2.05, 4.69) is 5.32 Å². The Morgan fingerprint density at radius 2 is 1.69 bits per heavy atom. The van der Waals surface area contributed by atoms with Gasteiger partial charge in [0.25, 0.3) is 0 Å². The quantitative estimate of drug-likeness (QED) is 0.473. The largest absolute Gasteiger partial charge is 0.497 e. The molecule has 3 rings (SSSR count). The highest BCUT2D eigenvalue weighted by molar-refractivity contribution is 5.89. The molecule has 1 unspecified atom stereocenters. The van der Waals surface area contributed by atoms with E-state index in [-0.39, 0.29) is 6.03 Å². The Labute approximate surface area is 186 Å². The molecular weight excluding hydrogens is 414 g/mol. The maximum Gasteiger partial charge on any atom is 0.322 e. The van der Waals surface area contributed by atoms with Gasteiger partial charge >= 0.3 is 6.03 Å². The minimum Gasteiger partial charge on any atom is -0.497 e. The monoisotopic (exact) mass is 440 g/mol. The number of carbonyl (C=O) groups excluding carboxylic acids is 1. The van der Waals surface area contributed by atoms with E-state index in [1.165, 1.54) is 11.0 Å². The molecule has 0 bridgehead atoms. The zero-order valence-electron chi connectivity index (χ0n) is 18.3. The van der Waals surface area contributed by atoms with Gasteiger partial charge in [0.15, 0.2) is 11.6 Å². The zero-order chi connectivity index (χ0) is 23.1. The molecule has 0 spiro atoms. The van der Waals surface area contributed by atoms with E-state index in [4.69, 9.17) is 9.47 Å². The van der Waals surface area contributed by atoms with Crippen LogP contribution in [-0.2, 0) is 18.0 Å². The zero-order valence-corrected chi connectivity index (χ0v) is 18.3. The predicted octanol–water partition coefficient (Wildman–Crippen LogP) is 5.92. The lowest BCUT2D eigenvalue weighted by Gasteiger charge is -2.25. The summed E-state index contributed by atoms with van der Waals surface area (Å²) in [5.41, 5.74) is 3.06. The van der Waals surface area contributed by atoms with Crippen molar-refractivity contribution in [3.8, 4) is 5.75 Å². The van der Waals surface area contributed by atoms with Crippen LogP contribution >= 0.6 is 0 Å². The first-order valence-corrected chi connectivity index (χ1v) is 10.2. The summed E-state index contributed by atoms with van der Waals surface area (Å²) in [6.07, 6.45) is 0. The minimum absolute atomic E-state index is 0.362. The average Bonchev–Trinajstić information content (AvgIpc) is 2.80. The van der Waals surface area contributed by atoms with Crippen LogP contribution in [-0.4, -0.2) is 25.1 Å². The highest BCUT2D eigenvalue weighted by Gasteiger charge is 2.19. The van der Waals surface area contributed by atoms with Crippen LogP contribution in [0, 0.1) is 11.6 Å². The first kappa shape index (κ1) is 23.2. The standard InChI is InChI=1S/C25H26F2N2O3/c1-17(20-9-12-23(26)24(27)14-20)29(2)25(30)28-21-6-4-5-19(13-21)16-32-15-18-7-10-22(31-3)11-8-18/h4-14,17H,15-16H2,1-3H3,(H,28,30). The second kappa shape index (κ2) is 10.7. The van der Waals surface area contributed by atoms with Gasteiger partial charge in [0, 0.05) is 12.7 Å². The number of methoxy groups -OCH3 is 1. The molecule has 5 nitrogen and oxygen atoms in total. The number of hydrogen-bond donors (Lipinski definition) is 1. The van der Waals surface area contributed by atoms with Crippen molar-refractivity contribution in [3.63, 3.8) is 0 Å². The molecule has 0 aliphatic heterocycles. The molecule has 3 aromatic rings. The number of nitrogens with one attached hydrogen (secondary N) is 1. The average molecular weight is 440 g/mol. The van der Waals surface area contributed by atoms with Gasteiger partial charge in [0.05, 0.1) is 26.4 Å². The number of halogens is 2. The van der Waals surface area contributed by atoms with Crippen LogP contribution in [0.25, 0.3) is 0 Å². The van der Waals surface area contributed by atoms with Gasteiger partial charge in [-0.1, -0.05) is 30.3 Å². The number of urea groups is 1. The van der Waals surface area contributed by atoms with Gasteiger partial charge in [-0.05, 0) is 60.0 Å². The van der Waals surface area contributed by atoms with Crippen LogP contribution in [0.3, 0.4) is 0 Å². The second-order valence-corrected chi connectivity index (χ2v) is 7.43. The van der Waals surface area contributed by atoms with Crippen molar-refractivity contribution in [3.05, 3.63) is 95.1 Å². The number of rotatable bonds is 8. The first-order valence-electron chi connectivity index (χ1n) is 10.2. The van der Waals surface area contributed by atoms with Crippen LogP contribution in [0.4, 0.5) is 19.3 Å². The van der Waals surface area contributed by atoms with Crippen LogP contribution in [0.5, 0.6) is 5.75 Å². The van der Waals surface area contributed by atoms with Gasteiger partial charge in [-0.3, -0.25) is 0 Å². The highest BCUT2D eigenvalue weighted by atomic mass is 19.2. The molecule has 0 fully saturated rings. The smallest absolute Gasteiger partial charge is 0.322 e. The lowest BCUT2D eigenvalue weighted by atomic mass is 10.1. The van der Waals surface area contributed by atoms with E-state index in [0.717, 1.165) is 29.0 Å². The van der Waals surface area contributed by atoms with Crippen molar-refractivity contribution in [2.75, 3.05) is 19.5 Å². The van der Waals surface area contributed by atoms with E-state index in [0.29, 0.717) is 24.5 Å². The van der Waals surface area contributed by atoms with Crippen molar-refractivity contribution in [2.24, 2.45) is 0 Å². The molecule has 0 saturated heterocycles. The van der Waals surface area contributed by atoms with E-state index in [9.17, 15) is 13.6 Å². The number of benzene rings is 3. The fourth-order valence-electron chi connectivity index (χ4n) is 3.13. The molecule has 7 heteroatoms. The molecular formula is C25H26F2N2O3. The Kier molecular flexibility index (Phi) is 7.78. The number of ether oxygens (including phenoxy) is 2. The van der Waals surface area contributed by atoms with E-state index in [1.54, 1.807) is 27.1 Å². The molecule has 168 valence electrons. The number of carbonyl (C=O) groups is 1. The lowest BCUT2D eigenvalue weighted by Crippen LogP contribution is -2.33. The molecule has 0 heterocycles. The highest BCUT2D eigenvalue weighted by Crippen LogP contribution is 2.22. The van der Waals surface area contributed by atoms with Gasteiger partial charge in [-0.25, -0.2) is 13.6 Å². The summed E-state index contributed by atoms with van der Waals surface area (Å²) in [5.74, 6) is -1.06. The van der Waals surface area contributed by atoms with Gasteiger partial charge in [0.2, 0.25) is 0 Å². The summed E-state index contributed by atoms with van der Waals surface area (Å²) < 4.78 is 37.6. The molecule has 2 amide bonds. The summed E-state index contributed by atoms with van der Waals surface area (Å²) in [5, 5.41) is 2.83. The molecule has 0 aliphatic rings. The van der Waals surface area contributed by atoms with Crippen molar-refractivity contribution < 1.29 is 23.0 Å². The maximum atomic E-state index is 13.5. The van der Waals surface area contributed by atoms with Gasteiger partial charge < -0.3 is 19.7 Å². The molecule has 32 heavy (non-hydrogen) atoms. The number of anilines is 1. The van der Waals surface area contributed by atoms with Crippen molar-refractivity contribution in [2.45, 2.75) is 26.2 Å². The Balaban J connectivity index is 1.55. The van der Waals surface area contributed by atoms with Crippen molar-refractivity contribution in [1.29, 1.82) is 0 Å². The first-order chi connectivity index (χ1) is 15.4. The van der Waals surface area contributed by atoms with Crippen LogP contribution < -0.4 is 10.1 Å². The normalized spacial score (nSPS) is 11.7. The minimum atomic E-state index is -0.939. The fraction of sp³-hybridized carbons (Fsp3) is 0.240. The molecule has 1 atom stereocenters. The number of hydrogen-bond acceptors (Lipinski definition) is 3. The third-order valence-corrected chi connectivity index (χ3v) is 5.20. The molecule has 0 aliphatic carbocycles. The molecule has 0 aromatic heterocycles. The Bertz CT molecular complexity index is 1060. The summed E-state index contributed by atoms with van der Waals surface area (Å²) in [6.45, 7) is 2.58. The molecule has 0 radical (unpaired) electrons. The summed E-state index contributed by atoms with van der Waals surface area (Å²) in [4.78, 5) is 14.1. The second-order valence-electron chi connectivity index (χ2n) is 7.43. The van der Waals surface area contributed by atoms with E-state index >= 15 is 0 Å². The van der Waals surface area contributed by atoms with Crippen LogP contribution in [0.1, 0.15) is 29.7 Å². The Morgan fingerprint density at radius 3 is 2.38 bits per heavy atom. The summed E-state index contributed by atoms with van der Waals surface area (Å²) >= 11 is 0. The maximum absolute atomic E-state index is 13.5. The van der Waals surface area contributed by atoms with Crippen molar-refractivity contribution in [1.82, 2.24) is 4.90 Å². The Morgan fingerprint density at radius 1 is 0.969 bits per heavy atom. The summed E-state index contributed by atoms with van der Waals surface area (Å²) in [7, 11) is 3.22. The van der Waals surface area contributed by atoms with E-state index in [1.807, 2.05) is 42.5 Å².